The number of nitrogens with two attached hydrogens (primary N) is 1. The topological polar surface area (TPSA) is 38.0 Å². The predicted molar refractivity (Wildman–Crippen MR) is 83.8 cm³/mol. The van der Waals surface area contributed by atoms with E-state index in [1.807, 2.05) is 0 Å². The zero-order valence-corrected chi connectivity index (χ0v) is 13.0. The van der Waals surface area contributed by atoms with Gasteiger partial charge in [0.2, 0.25) is 0 Å². The van der Waals surface area contributed by atoms with Crippen molar-refractivity contribution in [2.45, 2.75) is 70.8 Å². The quantitative estimate of drug-likeness (QED) is 0.359. The minimum Gasteiger partial charge on any atom is -0.271 e. The van der Waals surface area contributed by atoms with E-state index in [4.69, 9.17) is 5.84 Å². The Bertz CT molecular complexity index is 396. The fraction of sp³-hybridized carbons (Fsp3) is 0.647. The first-order chi connectivity index (χ1) is 10.2. The summed E-state index contributed by atoms with van der Waals surface area (Å²) in [6.45, 7) is 2.21. The molecule has 1 aromatic rings. The molecule has 0 aliphatic carbocycles. The average molecular weight is 298 g/mol. The second-order valence-electron chi connectivity index (χ2n) is 5.69. The maximum atomic E-state index is 13.6. The molecule has 21 heavy (non-hydrogen) atoms. The number of benzene rings is 1. The van der Waals surface area contributed by atoms with Crippen molar-refractivity contribution in [2.75, 3.05) is 0 Å². The molecule has 0 amide bonds. The molecule has 0 fully saturated rings. The van der Waals surface area contributed by atoms with Gasteiger partial charge < -0.3 is 0 Å². The molecule has 0 radical (unpaired) electrons. The largest absolute Gasteiger partial charge is 0.271 e. The molecule has 1 atom stereocenters. The Labute approximate surface area is 127 Å². The van der Waals surface area contributed by atoms with Gasteiger partial charge in [0.1, 0.15) is 0 Å². The van der Waals surface area contributed by atoms with Crippen LogP contribution in [0.5, 0.6) is 0 Å². The Balaban J connectivity index is 2.27. The predicted octanol–water partition coefficient (Wildman–Crippen LogP) is 4.48. The molecule has 2 nitrogen and oxygen atoms in total. The fourth-order valence-corrected chi connectivity index (χ4v) is 2.56. The first kappa shape index (κ1) is 18.1. The number of halogens is 2. The normalized spacial score (nSPS) is 12.6. The lowest BCUT2D eigenvalue weighted by molar-refractivity contribution is 0.442. The number of rotatable bonds is 11. The van der Waals surface area contributed by atoms with Gasteiger partial charge in [0.25, 0.3) is 0 Å². The van der Waals surface area contributed by atoms with Crippen molar-refractivity contribution in [1.29, 1.82) is 0 Å². The summed E-state index contributed by atoms with van der Waals surface area (Å²) in [7, 11) is 0. The van der Waals surface area contributed by atoms with E-state index in [0.717, 1.165) is 18.9 Å². The van der Waals surface area contributed by atoms with Crippen molar-refractivity contribution in [3.05, 3.63) is 35.4 Å². The van der Waals surface area contributed by atoms with Crippen LogP contribution < -0.4 is 11.3 Å². The van der Waals surface area contributed by atoms with Crippen LogP contribution in [0.2, 0.25) is 0 Å². The van der Waals surface area contributed by atoms with Crippen LogP contribution in [0, 0.1) is 11.6 Å². The SMILES string of the molecule is CCCCCCCCCC(Cc1cccc(F)c1F)NN. The molecule has 1 aromatic carbocycles. The van der Waals surface area contributed by atoms with E-state index in [-0.39, 0.29) is 6.04 Å². The van der Waals surface area contributed by atoms with Crippen LogP contribution in [0.25, 0.3) is 0 Å². The van der Waals surface area contributed by atoms with E-state index in [1.54, 1.807) is 6.07 Å². The van der Waals surface area contributed by atoms with Crippen molar-refractivity contribution in [1.82, 2.24) is 5.43 Å². The van der Waals surface area contributed by atoms with Crippen LogP contribution in [-0.2, 0) is 6.42 Å². The zero-order valence-electron chi connectivity index (χ0n) is 13.0. The monoisotopic (exact) mass is 298 g/mol. The minimum absolute atomic E-state index is 0.00283. The Hall–Kier alpha value is -1.00. The molecule has 3 N–H and O–H groups in total. The molecule has 0 bridgehead atoms. The lowest BCUT2D eigenvalue weighted by Crippen LogP contribution is -2.37. The summed E-state index contributed by atoms with van der Waals surface area (Å²) < 4.78 is 26.8. The van der Waals surface area contributed by atoms with E-state index in [9.17, 15) is 8.78 Å². The van der Waals surface area contributed by atoms with Crippen LogP contribution in [0.3, 0.4) is 0 Å². The van der Waals surface area contributed by atoms with Gasteiger partial charge in [-0.25, -0.2) is 8.78 Å². The van der Waals surface area contributed by atoms with Crippen molar-refractivity contribution in [3.8, 4) is 0 Å². The van der Waals surface area contributed by atoms with E-state index in [0.29, 0.717) is 12.0 Å². The number of hydrazine groups is 1. The molecule has 120 valence electrons. The standard InChI is InChI=1S/C17H28F2N2/c1-2-3-4-5-6-7-8-11-15(21-20)13-14-10-9-12-16(18)17(14)19/h9-10,12,15,21H,2-8,11,13,20H2,1H3. The summed E-state index contributed by atoms with van der Waals surface area (Å²) >= 11 is 0. The summed E-state index contributed by atoms with van der Waals surface area (Å²) in [5, 5.41) is 0. The van der Waals surface area contributed by atoms with Crippen LogP contribution in [-0.4, -0.2) is 6.04 Å². The van der Waals surface area contributed by atoms with E-state index < -0.39 is 11.6 Å². The fourth-order valence-electron chi connectivity index (χ4n) is 2.56. The summed E-state index contributed by atoms with van der Waals surface area (Å²) in [5.41, 5.74) is 3.11. The maximum absolute atomic E-state index is 13.6. The molecular formula is C17H28F2N2. The number of unbranched alkanes of at least 4 members (excludes halogenated alkanes) is 6. The molecule has 0 aliphatic rings. The van der Waals surface area contributed by atoms with Crippen molar-refractivity contribution >= 4 is 0 Å². The van der Waals surface area contributed by atoms with Gasteiger partial charge in [-0.15, -0.1) is 0 Å². The van der Waals surface area contributed by atoms with Gasteiger partial charge in [0.05, 0.1) is 0 Å². The Morgan fingerprint density at radius 2 is 1.71 bits per heavy atom. The first-order valence-corrected chi connectivity index (χ1v) is 8.08. The molecule has 0 spiro atoms. The first-order valence-electron chi connectivity index (χ1n) is 8.08. The third-order valence-corrected chi connectivity index (χ3v) is 3.89. The van der Waals surface area contributed by atoms with Crippen LogP contribution in [0.1, 0.15) is 63.9 Å². The van der Waals surface area contributed by atoms with E-state index in [1.165, 1.54) is 44.6 Å². The summed E-state index contributed by atoms with van der Waals surface area (Å²) in [6.07, 6.45) is 9.97. The van der Waals surface area contributed by atoms with Gasteiger partial charge in [-0.05, 0) is 24.5 Å². The number of hydrogen-bond acceptors (Lipinski definition) is 2. The lowest BCUT2D eigenvalue weighted by Gasteiger charge is -2.16. The van der Waals surface area contributed by atoms with Crippen molar-refractivity contribution in [3.63, 3.8) is 0 Å². The molecule has 1 unspecified atom stereocenters. The highest BCUT2D eigenvalue weighted by Crippen LogP contribution is 2.16. The molecule has 0 aliphatic heterocycles. The average Bonchev–Trinajstić information content (AvgIpc) is 2.49. The molecule has 0 saturated carbocycles. The highest BCUT2D eigenvalue weighted by Gasteiger charge is 2.13. The molecule has 0 heterocycles. The van der Waals surface area contributed by atoms with Gasteiger partial charge in [0, 0.05) is 6.04 Å². The van der Waals surface area contributed by atoms with Crippen LogP contribution in [0.4, 0.5) is 8.78 Å². The van der Waals surface area contributed by atoms with Gasteiger partial charge in [-0.3, -0.25) is 11.3 Å². The van der Waals surface area contributed by atoms with Gasteiger partial charge in [-0.2, -0.15) is 0 Å². The summed E-state index contributed by atoms with van der Waals surface area (Å²) in [4.78, 5) is 0. The third kappa shape index (κ3) is 7.00. The maximum Gasteiger partial charge on any atom is 0.162 e. The zero-order chi connectivity index (χ0) is 15.5. The highest BCUT2D eigenvalue weighted by atomic mass is 19.2. The van der Waals surface area contributed by atoms with Gasteiger partial charge in [0.15, 0.2) is 11.6 Å². The molecule has 1 rings (SSSR count). The molecule has 0 saturated heterocycles. The number of hydrogen-bond donors (Lipinski definition) is 2. The lowest BCUT2D eigenvalue weighted by atomic mass is 9.99. The third-order valence-electron chi connectivity index (χ3n) is 3.89. The highest BCUT2D eigenvalue weighted by molar-refractivity contribution is 5.19. The Morgan fingerprint density at radius 1 is 1.05 bits per heavy atom. The Morgan fingerprint density at radius 3 is 2.38 bits per heavy atom. The van der Waals surface area contributed by atoms with Gasteiger partial charge >= 0.3 is 0 Å². The van der Waals surface area contributed by atoms with Gasteiger partial charge in [-0.1, -0.05) is 64.0 Å². The van der Waals surface area contributed by atoms with Crippen molar-refractivity contribution in [2.24, 2.45) is 5.84 Å². The van der Waals surface area contributed by atoms with Crippen molar-refractivity contribution < 1.29 is 8.78 Å². The van der Waals surface area contributed by atoms with E-state index >= 15 is 0 Å². The molecule has 4 heteroatoms. The van der Waals surface area contributed by atoms with Crippen LogP contribution >= 0.6 is 0 Å². The second kappa shape index (κ2) is 10.7. The second-order valence-corrected chi connectivity index (χ2v) is 5.69. The molecular weight excluding hydrogens is 270 g/mol. The van der Waals surface area contributed by atoms with E-state index in [2.05, 4.69) is 12.3 Å². The Kier molecular flexibility index (Phi) is 9.19. The smallest absolute Gasteiger partial charge is 0.162 e. The number of nitrogens with one attached hydrogen (secondary N) is 1. The minimum atomic E-state index is -0.792. The summed E-state index contributed by atoms with van der Waals surface area (Å²) in [6, 6.07) is 4.29. The molecule has 0 aromatic heterocycles. The van der Waals surface area contributed by atoms with Crippen LogP contribution in [0.15, 0.2) is 18.2 Å². The summed E-state index contributed by atoms with van der Waals surface area (Å²) in [5.74, 6) is 3.98.